The zero-order valence-electron chi connectivity index (χ0n) is 11.6. The number of rotatable bonds is 3. The minimum Gasteiger partial charge on any atom is -0.454 e. The molecular weight excluding hydrogens is 294 g/mol. The van der Waals surface area contributed by atoms with Crippen LogP contribution in [0.3, 0.4) is 0 Å². The molecule has 0 spiro atoms. The summed E-state index contributed by atoms with van der Waals surface area (Å²) in [6.07, 6.45) is 5.79. The van der Waals surface area contributed by atoms with Gasteiger partial charge in [-0.25, -0.2) is 13.2 Å². The SMILES string of the molecule is CS(=O)(=O)c1cc2c(cc1C1(N=C=O)CCCC1)OCO2. The summed E-state index contributed by atoms with van der Waals surface area (Å²) in [5.41, 5.74) is -0.309. The molecule has 1 aliphatic carbocycles. The highest BCUT2D eigenvalue weighted by Crippen LogP contribution is 2.48. The maximum absolute atomic E-state index is 12.1. The standard InChI is InChI=1S/C14H15NO5S/c1-21(17,18)13-7-12-11(19-9-20-12)6-10(13)14(15-8-16)4-2-3-5-14/h6-7H,2-5,9H2,1H3. The molecule has 0 atom stereocenters. The molecule has 1 aromatic rings. The molecule has 21 heavy (non-hydrogen) atoms. The van der Waals surface area contributed by atoms with Crippen molar-refractivity contribution in [1.82, 2.24) is 0 Å². The number of hydrogen-bond donors (Lipinski definition) is 0. The molecule has 0 saturated heterocycles. The Morgan fingerprint density at radius 3 is 2.38 bits per heavy atom. The fraction of sp³-hybridized carbons (Fsp3) is 0.500. The third-order valence-corrected chi connectivity index (χ3v) is 5.20. The second-order valence-electron chi connectivity index (χ2n) is 5.42. The van der Waals surface area contributed by atoms with E-state index < -0.39 is 15.4 Å². The van der Waals surface area contributed by atoms with Crippen molar-refractivity contribution in [1.29, 1.82) is 0 Å². The van der Waals surface area contributed by atoms with E-state index in [1.807, 2.05) is 0 Å². The molecule has 1 heterocycles. The average molecular weight is 309 g/mol. The Bertz CT molecular complexity index is 728. The summed E-state index contributed by atoms with van der Waals surface area (Å²) in [4.78, 5) is 14.9. The van der Waals surface area contributed by atoms with Crippen molar-refractivity contribution in [2.75, 3.05) is 13.0 Å². The molecular formula is C14H15NO5S. The molecule has 1 aliphatic heterocycles. The Labute approximate surface area is 122 Å². The van der Waals surface area contributed by atoms with E-state index in [4.69, 9.17) is 9.47 Å². The second-order valence-corrected chi connectivity index (χ2v) is 7.40. The Morgan fingerprint density at radius 1 is 1.19 bits per heavy atom. The molecule has 0 unspecified atom stereocenters. The van der Waals surface area contributed by atoms with E-state index in [-0.39, 0.29) is 11.7 Å². The number of benzene rings is 1. The smallest absolute Gasteiger partial charge is 0.235 e. The van der Waals surface area contributed by atoms with Crippen molar-refractivity contribution in [3.63, 3.8) is 0 Å². The molecule has 1 aromatic carbocycles. The Hall–Kier alpha value is -1.85. The van der Waals surface area contributed by atoms with E-state index in [1.54, 1.807) is 12.1 Å². The number of ether oxygens (including phenoxy) is 2. The van der Waals surface area contributed by atoms with Crippen LogP contribution in [0.2, 0.25) is 0 Å². The first-order chi connectivity index (χ1) is 9.96. The zero-order chi connectivity index (χ0) is 15.1. The molecule has 2 aliphatic rings. The van der Waals surface area contributed by atoms with Gasteiger partial charge in [0.15, 0.2) is 21.3 Å². The Balaban J connectivity index is 2.28. The number of sulfone groups is 1. The zero-order valence-corrected chi connectivity index (χ0v) is 12.4. The number of hydrogen-bond acceptors (Lipinski definition) is 6. The highest BCUT2D eigenvalue weighted by Gasteiger charge is 2.40. The van der Waals surface area contributed by atoms with Crippen LogP contribution in [-0.4, -0.2) is 27.5 Å². The van der Waals surface area contributed by atoms with Crippen molar-refractivity contribution < 1.29 is 22.7 Å². The van der Waals surface area contributed by atoms with Crippen LogP contribution in [-0.2, 0) is 20.2 Å². The fourth-order valence-corrected chi connectivity index (χ4v) is 4.05. The van der Waals surface area contributed by atoms with Gasteiger partial charge in [-0.2, -0.15) is 4.99 Å². The third kappa shape index (κ3) is 2.32. The molecule has 0 radical (unpaired) electrons. The summed E-state index contributed by atoms with van der Waals surface area (Å²) in [5, 5.41) is 0. The minimum atomic E-state index is -3.47. The van der Waals surface area contributed by atoms with Gasteiger partial charge in [0.2, 0.25) is 12.9 Å². The van der Waals surface area contributed by atoms with Gasteiger partial charge in [-0.05, 0) is 18.9 Å². The highest BCUT2D eigenvalue weighted by molar-refractivity contribution is 7.90. The normalized spacial score (nSPS) is 19.3. The lowest BCUT2D eigenvalue weighted by molar-refractivity contribution is 0.174. The lowest BCUT2D eigenvalue weighted by Gasteiger charge is -2.25. The lowest BCUT2D eigenvalue weighted by atomic mass is 9.88. The van der Waals surface area contributed by atoms with Gasteiger partial charge < -0.3 is 9.47 Å². The van der Waals surface area contributed by atoms with Crippen molar-refractivity contribution in [2.24, 2.45) is 4.99 Å². The fourth-order valence-electron chi connectivity index (χ4n) is 3.08. The van der Waals surface area contributed by atoms with Crippen LogP contribution in [0.1, 0.15) is 31.2 Å². The predicted molar refractivity (Wildman–Crippen MR) is 73.9 cm³/mol. The maximum atomic E-state index is 12.1. The molecule has 7 heteroatoms. The van der Waals surface area contributed by atoms with E-state index in [0.717, 1.165) is 19.1 Å². The lowest BCUT2D eigenvalue weighted by Crippen LogP contribution is -2.22. The number of nitrogens with zero attached hydrogens (tertiary/aromatic N) is 1. The number of carbonyl (C=O) groups excluding carboxylic acids is 1. The molecule has 0 bridgehead atoms. The van der Waals surface area contributed by atoms with Crippen molar-refractivity contribution in [3.05, 3.63) is 17.7 Å². The van der Waals surface area contributed by atoms with Crippen LogP contribution >= 0.6 is 0 Å². The maximum Gasteiger partial charge on any atom is 0.235 e. The van der Waals surface area contributed by atoms with E-state index >= 15 is 0 Å². The van der Waals surface area contributed by atoms with E-state index in [1.165, 1.54) is 6.07 Å². The van der Waals surface area contributed by atoms with Crippen molar-refractivity contribution in [2.45, 2.75) is 36.1 Å². The van der Waals surface area contributed by atoms with E-state index in [9.17, 15) is 13.2 Å². The highest BCUT2D eigenvalue weighted by atomic mass is 32.2. The molecule has 112 valence electrons. The van der Waals surface area contributed by atoms with Crippen LogP contribution < -0.4 is 9.47 Å². The first-order valence-electron chi connectivity index (χ1n) is 6.69. The molecule has 1 saturated carbocycles. The van der Waals surface area contributed by atoms with Gasteiger partial charge in [-0.3, -0.25) is 0 Å². The summed E-state index contributed by atoms with van der Waals surface area (Å²) >= 11 is 0. The summed E-state index contributed by atoms with van der Waals surface area (Å²) in [6, 6.07) is 3.11. The van der Waals surface area contributed by atoms with Crippen LogP contribution in [0.15, 0.2) is 22.0 Å². The molecule has 0 N–H and O–H groups in total. The number of isocyanates is 1. The quantitative estimate of drug-likeness (QED) is 0.629. The molecule has 0 amide bonds. The Kier molecular flexibility index (Phi) is 3.26. The average Bonchev–Trinajstić information content (AvgIpc) is 3.05. The molecule has 6 nitrogen and oxygen atoms in total. The van der Waals surface area contributed by atoms with Crippen molar-refractivity contribution >= 4 is 15.9 Å². The van der Waals surface area contributed by atoms with E-state index in [2.05, 4.69) is 4.99 Å². The van der Waals surface area contributed by atoms with Gasteiger partial charge >= 0.3 is 0 Å². The molecule has 3 rings (SSSR count). The second kappa shape index (κ2) is 4.86. The largest absolute Gasteiger partial charge is 0.454 e. The summed E-state index contributed by atoms with van der Waals surface area (Å²) in [6.45, 7) is 0.0614. The van der Waals surface area contributed by atoms with Crippen LogP contribution in [0.25, 0.3) is 0 Å². The summed E-state index contributed by atoms with van der Waals surface area (Å²) in [7, 11) is -3.47. The van der Waals surface area contributed by atoms with Crippen LogP contribution in [0, 0.1) is 0 Å². The summed E-state index contributed by atoms with van der Waals surface area (Å²) in [5.74, 6) is 0.896. The number of fused-ring (bicyclic) bond motifs is 1. The molecule has 0 aromatic heterocycles. The predicted octanol–water partition coefficient (Wildman–Crippen LogP) is 1.92. The molecule has 1 fully saturated rings. The van der Waals surface area contributed by atoms with Gasteiger partial charge in [0.05, 0.1) is 10.4 Å². The minimum absolute atomic E-state index is 0.0614. The van der Waals surface area contributed by atoms with Crippen LogP contribution in [0.5, 0.6) is 11.5 Å². The van der Waals surface area contributed by atoms with Gasteiger partial charge in [0.25, 0.3) is 0 Å². The van der Waals surface area contributed by atoms with Gasteiger partial charge in [-0.1, -0.05) is 12.8 Å². The van der Waals surface area contributed by atoms with Gasteiger partial charge in [-0.15, -0.1) is 0 Å². The summed E-state index contributed by atoms with van der Waals surface area (Å²) < 4.78 is 34.8. The van der Waals surface area contributed by atoms with Gasteiger partial charge in [0.1, 0.15) is 0 Å². The van der Waals surface area contributed by atoms with E-state index in [0.29, 0.717) is 29.9 Å². The third-order valence-electron chi connectivity index (χ3n) is 4.07. The first kappa shape index (κ1) is 14.1. The van der Waals surface area contributed by atoms with Crippen LogP contribution in [0.4, 0.5) is 0 Å². The topological polar surface area (TPSA) is 82.0 Å². The monoisotopic (exact) mass is 309 g/mol. The van der Waals surface area contributed by atoms with Crippen molar-refractivity contribution in [3.8, 4) is 11.5 Å². The van der Waals surface area contributed by atoms with Gasteiger partial charge in [0, 0.05) is 17.9 Å². The Morgan fingerprint density at radius 2 is 1.81 bits per heavy atom. The first-order valence-corrected chi connectivity index (χ1v) is 8.59. The number of aliphatic imine (C=N–C) groups is 1.